The maximum atomic E-state index is 12.2. The largest absolute Gasteiger partial charge is 0.496 e. The number of amides is 1. The van der Waals surface area contributed by atoms with Crippen LogP contribution in [0.25, 0.3) is 38.9 Å². The molecule has 0 aliphatic carbocycles. The summed E-state index contributed by atoms with van der Waals surface area (Å²) in [6.07, 6.45) is 3.39. The molecular weight excluding hydrogens is 518 g/mol. The van der Waals surface area contributed by atoms with E-state index in [2.05, 4.69) is 20.1 Å². The van der Waals surface area contributed by atoms with E-state index in [0.29, 0.717) is 51.2 Å². The van der Waals surface area contributed by atoms with E-state index in [-0.39, 0.29) is 12.5 Å². The van der Waals surface area contributed by atoms with Gasteiger partial charge in [-0.15, -0.1) is 11.3 Å². The number of thiazole rings is 1. The quantitative estimate of drug-likeness (QED) is 0.284. The number of aromatic nitrogens is 6. The number of benzene rings is 2. The Morgan fingerprint density at radius 3 is 2.72 bits per heavy atom. The molecule has 0 radical (unpaired) electrons. The van der Waals surface area contributed by atoms with Gasteiger partial charge in [0.25, 0.3) is 5.91 Å². The second kappa shape index (κ2) is 9.80. The van der Waals surface area contributed by atoms with E-state index in [4.69, 9.17) is 18.9 Å². The van der Waals surface area contributed by atoms with Crippen molar-refractivity contribution in [2.24, 2.45) is 0 Å². The van der Waals surface area contributed by atoms with Gasteiger partial charge in [-0.05, 0) is 19.1 Å². The number of carbonyl (C=O) groups is 1. The number of ether oxygens (including phenoxy) is 2. The summed E-state index contributed by atoms with van der Waals surface area (Å²) in [7, 11) is 5.04. The molecule has 0 bridgehead atoms. The van der Waals surface area contributed by atoms with Gasteiger partial charge in [-0.1, -0.05) is 12.1 Å². The molecule has 0 N–H and O–H groups in total. The molecule has 0 saturated heterocycles. The summed E-state index contributed by atoms with van der Waals surface area (Å²) in [5.41, 5.74) is 4.48. The number of methoxy groups -OCH3 is 1. The fourth-order valence-corrected chi connectivity index (χ4v) is 4.78. The monoisotopic (exact) mass is 541 g/mol. The van der Waals surface area contributed by atoms with Gasteiger partial charge in [0.1, 0.15) is 28.9 Å². The lowest BCUT2D eigenvalue weighted by molar-refractivity contribution is 0.0827. The molecule has 12 heteroatoms. The Morgan fingerprint density at radius 2 is 1.95 bits per heavy atom. The van der Waals surface area contributed by atoms with E-state index < -0.39 is 0 Å². The molecule has 6 aromatic rings. The van der Waals surface area contributed by atoms with Crippen LogP contribution in [0.2, 0.25) is 0 Å². The molecule has 0 aliphatic rings. The topological polar surface area (TPSA) is 121 Å². The van der Waals surface area contributed by atoms with E-state index in [0.717, 1.165) is 16.3 Å². The Balaban J connectivity index is 1.24. The molecule has 11 nitrogen and oxygen atoms in total. The van der Waals surface area contributed by atoms with Crippen molar-refractivity contribution < 1.29 is 18.7 Å². The van der Waals surface area contributed by atoms with Crippen molar-refractivity contribution in [3.63, 3.8) is 0 Å². The maximum Gasteiger partial charge on any atom is 0.253 e. The third kappa shape index (κ3) is 4.77. The van der Waals surface area contributed by atoms with Gasteiger partial charge in [-0.3, -0.25) is 4.79 Å². The minimum Gasteiger partial charge on any atom is -0.496 e. The summed E-state index contributed by atoms with van der Waals surface area (Å²) >= 11 is 1.51. The minimum atomic E-state index is -0.0413. The second-order valence-corrected chi connectivity index (χ2v) is 9.79. The van der Waals surface area contributed by atoms with Crippen molar-refractivity contribution in [1.82, 2.24) is 34.4 Å². The molecule has 0 saturated carbocycles. The molecule has 0 spiro atoms. The normalized spacial score (nSPS) is 11.3. The van der Waals surface area contributed by atoms with Crippen LogP contribution in [-0.2, 0) is 6.61 Å². The Hall–Kier alpha value is -4.84. The van der Waals surface area contributed by atoms with Crippen LogP contribution in [0, 0.1) is 6.92 Å². The predicted octanol–water partition coefficient (Wildman–Crippen LogP) is 4.65. The van der Waals surface area contributed by atoms with E-state index in [9.17, 15) is 4.79 Å². The van der Waals surface area contributed by atoms with Crippen LogP contribution in [0.5, 0.6) is 11.5 Å². The van der Waals surface area contributed by atoms with Gasteiger partial charge in [-0.2, -0.15) is 5.10 Å². The number of imidazole rings is 1. The summed E-state index contributed by atoms with van der Waals surface area (Å²) in [6.45, 7) is 2.03. The summed E-state index contributed by atoms with van der Waals surface area (Å²) in [4.78, 5) is 31.8. The molecule has 2 aromatic carbocycles. The fourth-order valence-electron chi connectivity index (χ4n) is 3.97. The van der Waals surface area contributed by atoms with Crippen molar-refractivity contribution in [1.29, 1.82) is 0 Å². The first kappa shape index (κ1) is 24.5. The Morgan fingerprint density at radius 1 is 1.13 bits per heavy atom. The zero-order valence-corrected chi connectivity index (χ0v) is 22.4. The summed E-state index contributed by atoms with van der Waals surface area (Å²) in [6, 6.07) is 10.9. The van der Waals surface area contributed by atoms with Crippen molar-refractivity contribution in [3.8, 4) is 33.7 Å². The van der Waals surface area contributed by atoms with Gasteiger partial charge in [0.2, 0.25) is 5.89 Å². The number of oxazole rings is 1. The van der Waals surface area contributed by atoms with Crippen molar-refractivity contribution in [2.75, 3.05) is 21.2 Å². The zero-order chi connectivity index (χ0) is 27.1. The highest BCUT2D eigenvalue weighted by Crippen LogP contribution is 2.35. The minimum absolute atomic E-state index is 0.0413. The standard InChI is InChI=1S/C27H23N7O4S/c1-15-28-11-23-30-20(12-34(23)32-15)25-31-24-21(9-19(36-4)10-22(24)38-25)37-13-18-14-39-26(29-18)16-5-7-17(8-6-16)27(35)33(2)3/h5-12,14H,13H2,1-4H3. The molecule has 4 aromatic heterocycles. The van der Waals surface area contributed by atoms with Gasteiger partial charge in [0, 0.05) is 42.7 Å². The smallest absolute Gasteiger partial charge is 0.253 e. The molecule has 6 rings (SSSR count). The molecular formula is C27H23N7O4S. The van der Waals surface area contributed by atoms with Gasteiger partial charge < -0.3 is 18.8 Å². The van der Waals surface area contributed by atoms with Crippen LogP contribution < -0.4 is 9.47 Å². The number of fused-ring (bicyclic) bond motifs is 2. The number of hydrogen-bond donors (Lipinski definition) is 0. The van der Waals surface area contributed by atoms with Gasteiger partial charge in [0.15, 0.2) is 22.5 Å². The van der Waals surface area contributed by atoms with Crippen molar-refractivity contribution >= 4 is 34.0 Å². The summed E-state index contributed by atoms with van der Waals surface area (Å²) < 4.78 is 19.2. The second-order valence-electron chi connectivity index (χ2n) is 8.94. The molecule has 0 fully saturated rings. The molecule has 1 amide bonds. The molecule has 0 atom stereocenters. The van der Waals surface area contributed by atoms with Crippen molar-refractivity contribution in [3.05, 3.63) is 71.3 Å². The van der Waals surface area contributed by atoms with Crippen LogP contribution >= 0.6 is 11.3 Å². The lowest BCUT2D eigenvalue weighted by Crippen LogP contribution is -2.21. The Labute approximate surface area is 226 Å². The maximum absolute atomic E-state index is 12.2. The molecule has 196 valence electrons. The lowest BCUT2D eigenvalue weighted by Gasteiger charge is -2.10. The van der Waals surface area contributed by atoms with Crippen molar-refractivity contribution in [2.45, 2.75) is 13.5 Å². The van der Waals surface area contributed by atoms with E-state index >= 15 is 0 Å². The lowest BCUT2D eigenvalue weighted by atomic mass is 10.1. The number of nitrogens with zero attached hydrogens (tertiary/aromatic N) is 7. The van der Waals surface area contributed by atoms with Crippen LogP contribution in [0.4, 0.5) is 0 Å². The van der Waals surface area contributed by atoms with Crippen LogP contribution in [0.3, 0.4) is 0 Å². The number of hydrogen-bond acceptors (Lipinski definition) is 10. The molecule has 0 aliphatic heterocycles. The highest BCUT2D eigenvalue weighted by Gasteiger charge is 2.18. The van der Waals surface area contributed by atoms with Crippen LogP contribution in [0.1, 0.15) is 21.9 Å². The zero-order valence-electron chi connectivity index (χ0n) is 21.6. The number of aryl methyl sites for hydroxylation is 1. The molecule has 4 heterocycles. The van der Waals surface area contributed by atoms with Crippen LogP contribution in [0.15, 0.2) is 58.6 Å². The Bertz CT molecular complexity index is 1820. The summed E-state index contributed by atoms with van der Waals surface area (Å²) in [5, 5.41) is 7.11. The highest BCUT2D eigenvalue weighted by atomic mass is 32.1. The van der Waals surface area contributed by atoms with E-state index in [1.807, 2.05) is 24.4 Å². The first-order valence-electron chi connectivity index (χ1n) is 11.9. The Kier molecular flexibility index (Phi) is 6.15. The first-order valence-corrected chi connectivity index (χ1v) is 12.8. The summed E-state index contributed by atoms with van der Waals surface area (Å²) in [5.74, 6) is 1.99. The third-order valence-electron chi connectivity index (χ3n) is 5.93. The molecule has 0 unspecified atom stereocenters. The van der Waals surface area contributed by atoms with E-state index in [1.165, 1.54) is 11.3 Å². The van der Waals surface area contributed by atoms with Gasteiger partial charge >= 0.3 is 0 Å². The number of carbonyl (C=O) groups excluding carboxylic acids is 1. The van der Waals surface area contributed by atoms with E-state index in [1.54, 1.807) is 67.3 Å². The average Bonchev–Trinajstić information content (AvgIpc) is 3.69. The fraction of sp³-hybridized carbons (Fsp3) is 0.185. The van der Waals surface area contributed by atoms with Gasteiger partial charge in [-0.25, -0.2) is 24.5 Å². The molecule has 39 heavy (non-hydrogen) atoms. The predicted molar refractivity (Wildman–Crippen MR) is 145 cm³/mol. The van der Waals surface area contributed by atoms with Gasteiger partial charge in [0.05, 0.1) is 25.2 Å². The third-order valence-corrected chi connectivity index (χ3v) is 6.87. The average molecular weight is 542 g/mol. The number of rotatable bonds is 7. The first-order chi connectivity index (χ1) is 18.9. The van der Waals surface area contributed by atoms with Crippen LogP contribution in [-0.4, -0.2) is 61.6 Å². The SMILES string of the molecule is COc1cc(OCc2csc(-c3ccc(C(=O)N(C)C)cc3)n2)c2nc(-c3cn4nc(C)ncc4n3)oc2c1. The highest BCUT2D eigenvalue weighted by molar-refractivity contribution is 7.13.